The minimum Gasteiger partial charge on any atom is -0.378 e. The summed E-state index contributed by atoms with van der Waals surface area (Å²) in [7, 11) is 0. The lowest BCUT2D eigenvalue weighted by Crippen LogP contribution is -2.36. The minimum absolute atomic E-state index is 0.431. The molecule has 2 aromatic rings. The highest BCUT2D eigenvalue weighted by Crippen LogP contribution is 2.51. The molecule has 0 aromatic heterocycles. The topological polar surface area (TPSA) is 12.5 Å². The van der Waals surface area contributed by atoms with Crippen LogP contribution in [0, 0.1) is 10.8 Å². The molecule has 150 valence electrons. The maximum Gasteiger partial charge on any atom is 0.0642 e. The van der Waals surface area contributed by atoms with Crippen molar-refractivity contribution in [1.82, 2.24) is 0 Å². The molecule has 4 rings (SSSR count). The molecule has 0 radical (unpaired) electrons. The lowest BCUT2D eigenvalue weighted by atomic mass is 9.60. The molecule has 1 aliphatic carbocycles. The molecule has 0 atom stereocenters. The Balaban J connectivity index is 1.48. The van der Waals surface area contributed by atoms with E-state index < -0.39 is 0 Å². The SMILES string of the molecule is CC1(C)CC(c2ccc(-c3ccc(N4CCOCC4)cc3)cc2)CC(C)(C)C1. The van der Waals surface area contributed by atoms with Crippen molar-refractivity contribution in [2.45, 2.75) is 52.9 Å². The Labute approximate surface area is 170 Å². The van der Waals surface area contributed by atoms with Crippen molar-refractivity contribution in [2.75, 3.05) is 31.2 Å². The van der Waals surface area contributed by atoms with E-state index in [1.807, 2.05) is 0 Å². The summed E-state index contributed by atoms with van der Waals surface area (Å²) in [6.07, 6.45) is 3.91. The monoisotopic (exact) mass is 377 g/mol. The van der Waals surface area contributed by atoms with Crippen LogP contribution in [0.4, 0.5) is 5.69 Å². The summed E-state index contributed by atoms with van der Waals surface area (Å²) in [6.45, 7) is 13.4. The van der Waals surface area contributed by atoms with Crippen molar-refractivity contribution in [1.29, 1.82) is 0 Å². The molecule has 0 N–H and O–H groups in total. The summed E-state index contributed by atoms with van der Waals surface area (Å²) in [5.74, 6) is 0.677. The quantitative estimate of drug-likeness (QED) is 0.604. The van der Waals surface area contributed by atoms with Gasteiger partial charge in [-0.1, -0.05) is 64.1 Å². The van der Waals surface area contributed by atoms with Gasteiger partial charge in [-0.05, 0) is 64.8 Å². The van der Waals surface area contributed by atoms with Gasteiger partial charge in [0.25, 0.3) is 0 Å². The zero-order chi connectivity index (χ0) is 19.8. The third kappa shape index (κ3) is 4.43. The third-order valence-electron chi connectivity index (χ3n) is 6.51. The van der Waals surface area contributed by atoms with E-state index >= 15 is 0 Å². The van der Waals surface area contributed by atoms with E-state index in [0.717, 1.165) is 26.3 Å². The summed E-state index contributed by atoms with van der Waals surface area (Å²) in [5, 5.41) is 0. The molecule has 1 saturated carbocycles. The molecule has 1 heterocycles. The molecule has 2 heteroatoms. The van der Waals surface area contributed by atoms with Crippen molar-refractivity contribution in [3.8, 4) is 11.1 Å². The molecule has 2 aliphatic rings. The van der Waals surface area contributed by atoms with Crippen LogP contribution < -0.4 is 4.90 Å². The van der Waals surface area contributed by atoms with E-state index in [1.165, 1.54) is 41.6 Å². The number of hydrogen-bond donors (Lipinski definition) is 0. The van der Waals surface area contributed by atoms with Crippen molar-refractivity contribution in [3.05, 3.63) is 54.1 Å². The maximum atomic E-state index is 5.46. The molecule has 0 unspecified atom stereocenters. The predicted octanol–water partition coefficient (Wildman–Crippen LogP) is 6.51. The van der Waals surface area contributed by atoms with Gasteiger partial charge in [-0.25, -0.2) is 0 Å². The van der Waals surface area contributed by atoms with E-state index in [2.05, 4.69) is 81.1 Å². The highest BCUT2D eigenvalue weighted by molar-refractivity contribution is 5.66. The molecule has 0 bridgehead atoms. The summed E-state index contributed by atoms with van der Waals surface area (Å²) < 4.78 is 5.46. The Bertz CT molecular complexity index is 766. The molecular formula is C26H35NO. The molecule has 0 amide bonds. The first-order valence-electron chi connectivity index (χ1n) is 10.8. The number of ether oxygens (including phenoxy) is 1. The first-order valence-corrected chi connectivity index (χ1v) is 10.8. The standard InChI is InChI=1S/C26H35NO/c1-25(2)17-23(18-26(3,4)19-25)22-7-5-20(6-8-22)21-9-11-24(12-10-21)27-13-15-28-16-14-27/h5-12,23H,13-19H2,1-4H3. The Morgan fingerprint density at radius 3 is 1.79 bits per heavy atom. The smallest absolute Gasteiger partial charge is 0.0642 e. The maximum absolute atomic E-state index is 5.46. The van der Waals surface area contributed by atoms with Crippen LogP contribution in [0.2, 0.25) is 0 Å². The Morgan fingerprint density at radius 1 is 0.750 bits per heavy atom. The third-order valence-corrected chi connectivity index (χ3v) is 6.51. The lowest BCUT2D eigenvalue weighted by Gasteiger charge is -2.45. The number of rotatable bonds is 3. The van der Waals surface area contributed by atoms with Crippen molar-refractivity contribution >= 4 is 5.69 Å². The zero-order valence-corrected chi connectivity index (χ0v) is 18.0. The van der Waals surface area contributed by atoms with E-state index in [0.29, 0.717) is 16.7 Å². The van der Waals surface area contributed by atoms with E-state index in [4.69, 9.17) is 4.74 Å². The fourth-order valence-electron chi connectivity index (χ4n) is 5.72. The van der Waals surface area contributed by atoms with E-state index in [-0.39, 0.29) is 0 Å². The summed E-state index contributed by atoms with van der Waals surface area (Å²) in [6, 6.07) is 18.4. The lowest BCUT2D eigenvalue weighted by molar-refractivity contribution is 0.0969. The fraction of sp³-hybridized carbons (Fsp3) is 0.538. The van der Waals surface area contributed by atoms with Crippen LogP contribution in [0.5, 0.6) is 0 Å². The van der Waals surface area contributed by atoms with Gasteiger partial charge in [-0.3, -0.25) is 0 Å². The van der Waals surface area contributed by atoms with E-state index in [1.54, 1.807) is 0 Å². The summed E-state index contributed by atoms with van der Waals surface area (Å²) in [5.41, 5.74) is 6.28. The normalized spacial score (nSPS) is 22.2. The van der Waals surface area contributed by atoms with Gasteiger partial charge in [0.05, 0.1) is 13.2 Å². The van der Waals surface area contributed by atoms with Crippen LogP contribution >= 0.6 is 0 Å². The van der Waals surface area contributed by atoms with Crippen LogP contribution in [0.3, 0.4) is 0 Å². The van der Waals surface area contributed by atoms with Crippen LogP contribution in [0.15, 0.2) is 48.5 Å². The van der Waals surface area contributed by atoms with Gasteiger partial charge in [0.15, 0.2) is 0 Å². The summed E-state index contributed by atoms with van der Waals surface area (Å²) in [4.78, 5) is 2.41. The number of hydrogen-bond acceptors (Lipinski definition) is 2. The first kappa shape index (κ1) is 19.5. The zero-order valence-electron chi connectivity index (χ0n) is 18.0. The van der Waals surface area contributed by atoms with Crippen LogP contribution in [0.1, 0.15) is 58.4 Å². The second kappa shape index (κ2) is 7.55. The Morgan fingerprint density at radius 2 is 1.25 bits per heavy atom. The molecule has 1 saturated heterocycles. The van der Waals surface area contributed by atoms with Gasteiger partial charge in [-0.2, -0.15) is 0 Å². The first-order chi connectivity index (χ1) is 13.3. The van der Waals surface area contributed by atoms with Crippen molar-refractivity contribution in [3.63, 3.8) is 0 Å². The average Bonchev–Trinajstić information content (AvgIpc) is 2.67. The van der Waals surface area contributed by atoms with Gasteiger partial charge in [0, 0.05) is 18.8 Å². The van der Waals surface area contributed by atoms with Crippen molar-refractivity contribution < 1.29 is 4.74 Å². The average molecular weight is 378 g/mol. The number of benzene rings is 2. The molecule has 2 nitrogen and oxygen atoms in total. The number of anilines is 1. The van der Waals surface area contributed by atoms with Gasteiger partial charge in [0.2, 0.25) is 0 Å². The molecule has 1 aliphatic heterocycles. The Hall–Kier alpha value is -1.80. The molecule has 0 spiro atoms. The molecule has 2 aromatic carbocycles. The second-order valence-electron chi connectivity index (χ2n) is 10.4. The molecule has 2 fully saturated rings. The van der Waals surface area contributed by atoms with Crippen LogP contribution in [-0.2, 0) is 4.74 Å². The van der Waals surface area contributed by atoms with Crippen LogP contribution in [-0.4, -0.2) is 26.3 Å². The van der Waals surface area contributed by atoms with Gasteiger partial charge in [0.1, 0.15) is 0 Å². The molecule has 28 heavy (non-hydrogen) atoms. The number of morpholine rings is 1. The highest BCUT2D eigenvalue weighted by Gasteiger charge is 2.38. The minimum atomic E-state index is 0.431. The highest BCUT2D eigenvalue weighted by atomic mass is 16.5. The number of nitrogens with zero attached hydrogens (tertiary/aromatic N) is 1. The second-order valence-corrected chi connectivity index (χ2v) is 10.4. The van der Waals surface area contributed by atoms with Crippen molar-refractivity contribution in [2.24, 2.45) is 10.8 Å². The van der Waals surface area contributed by atoms with Gasteiger partial charge >= 0.3 is 0 Å². The Kier molecular flexibility index (Phi) is 5.26. The van der Waals surface area contributed by atoms with Crippen LogP contribution in [0.25, 0.3) is 11.1 Å². The molecular weight excluding hydrogens is 342 g/mol. The predicted molar refractivity (Wildman–Crippen MR) is 119 cm³/mol. The van der Waals surface area contributed by atoms with Gasteiger partial charge in [-0.15, -0.1) is 0 Å². The largest absolute Gasteiger partial charge is 0.378 e. The van der Waals surface area contributed by atoms with E-state index in [9.17, 15) is 0 Å². The van der Waals surface area contributed by atoms with Gasteiger partial charge < -0.3 is 9.64 Å². The summed E-state index contributed by atoms with van der Waals surface area (Å²) >= 11 is 0. The fourth-order valence-corrected chi connectivity index (χ4v) is 5.72.